The standard InChI is InChI=1S/C30H32N2O5S/c1-21-9-11-23(12-10-21)20-32(22(2)19-30(33)37-4)29-18-17-28(26-7-5-6-8-27(26)29)31-38(34,35)25-15-13-24(36-3)14-16-25/h5-18,22,31H,19-20H2,1-4H3/t22-/m0/s1. The average molecular weight is 533 g/mol. The number of sulfonamides is 1. The van der Waals surface area contributed by atoms with Gasteiger partial charge < -0.3 is 14.4 Å². The van der Waals surface area contributed by atoms with Crippen LogP contribution in [-0.2, 0) is 26.1 Å². The van der Waals surface area contributed by atoms with Gasteiger partial charge in [0.1, 0.15) is 5.75 Å². The maximum absolute atomic E-state index is 13.2. The number of carbonyl (C=O) groups excluding carboxylic acids is 1. The quantitative estimate of drug-likeness (QED) is 0.255. The lowest BCUT2D eigenvalue weighted by molar-refractivity contribution is -0.140. The SMILES string of the molecule is COC(=O)C[C@H](C)N(Cc1ccc(C)cc1)c1ccc(NS(=O)(=O)c2ccc(OC)cc2)c2ccccc12. The highest BCUT2D eigenvalue weighted by Crippen LogP contribution is 2.35. The Hall–Kier alpha value is -4.04. The van der Waals surface area contributed by atoms with E-state index in [-0.39, 0.29) is 23.3 Å². The van der Waals surface area contributed by atoms with E-state index in [1.807, 2.05) is 44.2 Å². The second-order valence-corrected chi connectivity index (χ2v) is 10.9. The summed E-state index contributed by atoms with van der Waals surface area (Å²) in [6, 6.07) is 25.7. The van der Waals surface area contributed by atoms with Crippen LogP contribution in [0.25, 0.3) is 10.8 Å². The third-order valence-electron chi connectivity index (χ3n) is 6.52. The lowest BCUT2D eigenvalue weighted by Gasteiger charge is -2.32. The number of nitrogens with one attached hydrogen (secondary N) is 1. The van der Waals surface area contributed by atoms with Crippen molar-refractivity contribution in [1.29, 1.82) is 0 Å². The number of carbonyl (C=O) groups is 1. The summed E-state index contributed by atoms with van der Waals surface area (Å²) in [6.45, 7) is 4.60. The van der Waals surface area contributed by atoms with Gasteiger partial charge in [-0.15, -0.1) is 0 Å². The van der Waals surface area contributed by atoms with Crippen molar-refractivity contribution < 1.29 is 22.7 Å². The van der Waals surface area contributed by atoms with E-state index in [1.165, 1.54) is 31.9 Å². The molecule has 38 heavy (non-hydrogen) atoms. The zero-order valence-electron chi connectivity index (χ0n) is 22.0. The fraction of sp³-hybridized carbons (Fsp3) is 0.233. The molecule has 0 aromatic heterocycles. The van der Waals surface area contributed by atoms with Crippen LogP contribution in [0.3, 0.4) is 0 Å². The van der Waals surface area contributed by atoms with Crippen LogP contribution < -0.4 is 14.4 Å². The zero-order chi connectivity index (χ0) is 27.3. The highest BCUT2D eigenvalue weighted by atomic mass is 32.2. The van der Waals surface area contributed by atoms with Crippen molar-refractivity contribution >= 4 is 38.1 Å². The molecule has 0 bridgehead atoms. The van der Waals surface area contributed by atoms with Crippen LogP contribution >= 0.6 is 0 Å². The summed E-state index contributed by atoms with van der Waals surface area (Å²) in [5, 5.41) is 1.62. The van der Waals surface area contributed by atoms with Crippen LogP contribution in [-0.4, -0.2) is 34.6 Å². The fourth-order valence-electron chi connectivity index (χ4n) is 4.38. The van der Waals surface area contributed by atoms with E-state index in [9.17, 15) is 13.2 Å². The molecule has 0 saturated heterocycles. The number of aryl methyl sites for hydroxylation is 1. The van der Waals surface area contributed by atoms with Crippen LogP contribution in [0.2, 0.25) is 0 Å². The van der Waals surface area contributed by atoms with Gasteiger partial charge in [0.25, 0.3) is 10.0 Å². The zero-order valence-corrected chi connectivity index (χ0v) is 22.8. The number of esters is 1. The molecule has 0 aliphatic rings. The lowest BCUT2D eigenvalue weighted by Crippen LogP contribution is -2.34. The number of hydrogen-bond acceptors (Lipinski definition) is 6. The molecule has 0 heterocycles. The van der Waals surface area contributed by atoms with Crippen LogP contribution in [0.1, 0.15) is 24.5 Å². The van der Waals surface area contributed by atoms with Gasteiger partial charge in [0.15, 0.2) is 0 Å². The minimum Gasteiger partial charge on any atom is -0.497 e. The maximum atomic E-state index is 13.2. The molecule has 4 aromatic rings. The van der Waals surface area contributed by atoms with Gasteiger partial charge >= 0.3 is 5.97 Å². The third-order valence-corrected chi connectivity index (χ3v) is 7.90. The number of nitrogens with zero attached hydrogens (tertiary/aromatic N) is 1. The molecule has 0 radical (unpaired) electrons. The Kier molecular flexibility index (Phi) is 8.22. The van der Waals surface area contributed by atoms with Gasteiger partial charge in [-0.1, -0.05) is 54.1 Å². The second-order valence-electron chi connectivity index (χ2n) is 9.20. The summed E-state index contributed by atoms with van der Waals surface area (Å²) in [6.07, 6.45) is 0.211. The first-order valence-corrected chi connectivity index (χ1v) is 13.8. The Balaban J connectivity index is 1.75. The molecule has 1 atom stereocenters. The van der Waals surface area contributed by atoms with Gasteiger partial charge in [0, 0.05) is 29.0 Å². The fourth-order valence-corrected chi connectivity index (χ4v) is 5.46. The van der Waals surface area contributed by atoms with Crippen molar-refractivity contribution in [3.05, 3.63) is 96.1 Å². The Morgan fingerprint density at radius 3 is 2.18 bits per heavy atom. The van der Waals surface area contributed by atoms with Crippen LogP contribution in [0.15, 0.2) is 89.8 Å². The predicted molar refractivity (Wildman–Crippen MR) is 151 cm³/mol. The summed E-state index contributed by atoms with van der Waals surface area (Å²) in [4.78, 5) is 14.5. The molecule has 0 fully saturated rings. The van der Waals surface area contributed by atoms with Crippen molar-refractivity contribution in [3.63, 3.8) is 0 Å². The highest BCUT2D eigenvalue weighted by Gasteiger charge is 2.22. The number of hydrogen-bond donors (Lipinski definition) is 1. The summed E-state index contributed by atoms with van der Waals surface area (Å²) < 4.78 is 39.2. The number of benzene rings is 4. The number of ether oxygens (including phenoxy) is 2. The van der Waals surface area contributed by atoms with E-state index < -0.39 is 10.0 Å². The molecule has 7 nitrogen and oxygen atoms in total. The predicted octanol–water partition coefficient (Wildman–Crippen LogP) is 5.92. The number of rotatable bonds is 10. The molecule has 0 aliphatic carbocycles. The van der Waals surface area contributed by atoms with E-state index in [0.29, 0.717) is 18.0 Å². The van der Waals surface area contributed by atoms with Crippen LogP contribution in [0.4, 0.5) is 11.4 Å². The molecule has 198 valence electrons. The minimum absolute atomic E-state index is 0.138. The molecular formula is C30H32N2O5S. The molecular weight excluding hydrogens is 500 g/mol. The number of fused-ring (bicyclic) bond motifs is 1. The Bertz CT molecular complexity index is 1520. The monoisotopic (exact) mass is 532 g/mol. The molecule has 4 rings (SSSR count). The van der Waals surface area contributed by atoms with Crippen LogP contribution in [0, 0.1) is 6.92 Å². The summed E-state index contributed by atoms with van der Waals surface area (Å²) >= 11 is 0. The van der Waals surface area contributed by atoms with E-state index in [0.717, 1.165) is 22.0 Å². The first kappa shape index (κ1) is 27.0. The summed E-state index contributed by atoms with van der Waals surface area (Å²) in [5.74, 6) is 0.285. The number of methoxy groups -OCH3 is 2. The Labute approximate surface area is 224 Å². The largest absolute Gasteiger partial charge is 0.497 e. The molecule has 0 amide bonds. The molecule has 1 N–H and O–H groups in total. The highest BCUT2D eigenvalue weighted by molar-refractivity contribution is 7.92. The van der Waals surface area contributed by atoms with Crippen molar-refractivity contribution in [2.45, 2.75) is 37.8 Å². The summed E-state index contributed by atoms with van der Waals surface area (Å²) in [5.41, 5.74) is 3.63. The molecule has 0 unspecified atom stereocenters. The van der Waals surface area contributed by atoms with E-state index >= 15 is 0 Å². The summed E-state index contributed by atoms with van der Waals surface area (Å²) in [7, 11) is -0.913. The van der Waals surface area contributed by atoms with Gasteiger partial charge in [-0.2, -0.15) is 0 Å². The molecule has 8 heteroatoms. The maximum Gasteiger partial charge on any atom is 0.307 e. The Morgan fingerprint density at radius 1 is 0.895 bits per heavy atom. The first-order valence-electron chi connectivity index (χ1n) is 12.3. The van der Waals surface area contributed by atoms with Gasteiger partial charge in [-0.25, -0.2) is 8.42 Å². The normalized spacial score (nSPS) is 12.1. The average Bonchev–Trinajstić information content (AvgIpc) is 2.93. The van der Waals surface area contributed by atoms with Crippen molar-refractivity contribution in [2.24, 2.45) is 0 Å². The third kappa shape index (κ3) is 6.08. The van der Waals surface area contributed by atoms with Gasteiger partial charge in [0.2, 0.25) is 0 Å². The van der Waals surface area contributed by atoms with E-state index in [1.54, 1.807) is 18.2 Å². The topological polar surface area (TPSA) is 84.9 Å². The van der Waals surface area contributed by atoms with E-state index in [2.05, 4.69) is 33.9 Å². The second kappa shape index (κ2) is 11.6. The van der Waals surface area contributed by atoms with Gasteiger partial charge in [-0.05, 0) is 55.8 Å². The van der Waals surface area contributed by atoms with Crippen molar-refractivity contribution in [1.82, 2.24) is 0 Å². The molecule has 0 saturated carbocycles. The van der Waals surface area contributed by atoms with Gasteiger partial charge in [-0.3, -0.25) is 9.52 Å². The van der Waals surface area contributed by atoms with Gasteiger partial charge in [0.05, 0.1) is 31.2 Å². The molecule has 4 aromatic carbocycles. The van der Waals surface area contributed by atoms with Crippen molar-refractivity contribution in [3.8, 4) is 5.75 Å². The van der Waals surface area contributed by atoms with Crippen molar-refractivity contribution in [2.75, 3.05) is 23.8 Å². The van der Waals surface area contributed by atoms with Crippen LogP contribution in [0.5, 0.6) is 5.75 Å². The number of anilines is 2. The first-order chi connectivity index (χ1) is 18.2. The van der Waals surface area contributed by atoms with E-state index in [4.69, 9.17) is 9.47 Å². The lowest BCUT2D eigenvalue weighted by atomic mass is 10.0. The molecule has 0 aliphatic heterocycles. The Morgan fingerprint density at radius 2 is 1.55 bits per heavy atom. The minimum atomic E-state index is -3.83. The smallest absolute Gasteiger partial charge is 0.307 e. The molecule has 0 spiro atoms.